The van der Waals surface area contributed by atoms with Gasteiger partial charge in [0.05, 0.1) is 43.0 Å². The SMILES string of the molecule is CCCCCCCCOC1CC(C(C)=O)CC(C(=O)OCCCCCCOC2CCC(OC3CCC(OCCCCCCOC)CC3)CC2)C1. The number of carbonyl (C=O) groups is 2. The molecule has 3 atom stereocenters. The van der Waals surface area contributed by atoms with E-state index in [-0.39, 0.29) is 29.7 Å². The van der Waals surface area contributed by atoms with E-state index in [1.807, 2.05) is 0 Å². The highest BCUT2D eigenvalue weighted by Gasteiger charge is 2.36. The van der Waals surface area contributed by atoms with Crippen LogP contribution in [0.5, 0.6) is 0 Å². The van der Waals surface area contributed by atoms with Crippen molar-refractivity contribution in [1.29, 1.82) is 0 Å². The Bertz CT molecular complexity index is 851. The van der Waals surface area contributed by atoms with Crippen LogP contribution in [-0.4, -0.2) is 82.4 Å². The van der Waals surface area contributed by atoms with Gasteiger partial charge in [-0.25, -0.2) is 0 Å². The second-order valence-electron chi connectivity index (χ2n) is 15.6. The van der Waals surface area contributed by atoms with Gasteiger partial charge >= 0.3 is 5.97 Å². The molecular formula is C42H76O8. The van der Waals surface area contributed by atoms with Crippen LogP contribution in [0, 0.1) is 11.8 Å². The molecule has 0 aliphatic heterocycles. The summed E-state index contributed by atoms with van der Waals surface area (Å²) in [5.74, 6) is -0.313. The smallest absolute Gasteiger partial charge is 0.309 e. The van der Waals surface area contributed by atoms with Crippen LogP contribution in [0.3, 0.4) is 0 Å². The number of esters is 1. The van der Waals surface area contributed by atoms with E-state index in [0.29, 0.717) is 43.9 Å². The second-order valence-corrected chi connectivity index (χ2v) is 15.6. The van der Waals surface area contributed by atoms with Crippen LogP contribution < -0.4 is 0 Å². The summed E-state index contributed by atoms with van der Waals surface area (Å²) in [6.45, 7) is 7.62. The van der Waals surface area contributed by atoms with Crippen molar-refractivity contribution in [3.8, 4) is 0 Å². The number of Topliss-reactive ketones (excluding diaryl/α,β-unsaturated/α-hetero) is 1. The first-order chi connectivity index (χ1) is 24.5. The van der Waals surface area contributed by atoms with Crippen molar-refractivity contribution in [2.24, 2.45) is 11.8 Å². The monoisotopic (exact) mass is 709 g/mol. The molecule has 0 spiro atoms. The van der Waals surface area contributed by atoms with Gasteiger partial charge < -0.3 is 28.4 Å². The molecule has 0 heterocycles. The minimum atomic E-state index is -0.229. The lowest BCUT2D eigenvalue weighted by atomic mass is 9.78. The van der Waals surface area contributed by atoms with Crippen LogP contribution in [-0.2, 0) is 38.0 Å². The van der Waals surface area contributed by atoms with Crippen molar-refractivity contribution in [2.45, 2.75) is 205 Å². The quantitative estimate of drug-likeness (QED) is 0.0587. The number of hydrogen-bond acceptors (Lipinski definition) is 8. The molecule has 0 saturated heterocycles. The third kappa shape index (κ3) is 19.1. The zero-order valence-electron chi connectivity index (χ0n) is 32.5. The highest BCUT2D eigenvalue weighted by atomic mass is 16.5. The minimum absolute atomic E-state index is 0.0179. The summed E-state index contributed by atoms with van der Waals surface area (Å²) in [7, 11) is 1.77. The largest absolute Gasteiger partial charge is 0.465 e. The molecule has 3 rings (SSSR count). The van der Waals surface area contributed by atoms with Gasteiger partial charge in [0.2, 0.25) is 0 Å². The van der Waals surface area contributed by atoms with Gasteiger partial charge in [-0.05, 0) is 116 Å². The molecule has 3 aliphatic rings. The molecule has 0 bridgehead atoms. The summed E-state index contributed by atoms with van der Waals surface area (Å²) >= 11 is 0. The van der Waals surface area contributed by atoms with Crippen molar-refractivity contribution >= 4 is 11.8 Å². The van der Waals surface area contributed by atoms with Gasteiger partial charge in [-0.1, -0.05) is 58.3 Å². The molecule has 0 amide bonds. The van der Waals surface area contributed by atoms with E-state index in [9.17, 15) is 9.59 Å². The van der Waals surface area contributed by atoms with E-state index in [2.05, 4.69) is 6.92 Å². The van der Waals surface area contributed by atoms with E-state index < -0.39 is 0 Å². The number of unbranched alkanes of at least 4 members (excludes halogenated alkanes) is 11. The summed E-state index contributed by atoms with van der Waals surface area (Å²) < 4.78 is 35.8. The van der Waals surface area contributed by atoms with Crippen molar-refractivity contribution < 1.29 is 38.0 Å². The van der Waals surface area contributed by atoms with Crippen LogP contribution in [0.2, 0.25) is 0 Å². The number of ether oxygens (including phenoxy) is 6. The van der Waals surface area contributed by atoms with Crippen LogP contribution >= 0.6 is 0 Å². The summed E-state index contributed by atoms with van der Waals surface area (Å²) in [4.78, 5) is 25.1. The maximum atomic E-state index is 12.9. The Hall–Kier alpha value is -1.06. The van der Waals surface area contributed by atoms with Crippen molar-refractivity contribution in [3.05, 3.63) is 0 Å². The second kappa shape index (κ2) is 27.5. The highest BCUT2D eigenvalue weighted by molar-refractivity contribution is 5.80. The van der Waals surface area contributed by atoms with E-state index in [1.54, 1.807) is 14.0 Å². The fraction of sp³-hybridized carbons (Fsp3) is 0.952. The Balaban J connectivity index is 1.14. The van der Waals surface area contributed by atoms with Gasteiger partial charge in [0, 0.05) is 39.5 Å². The maximum absolute atomic E-state index is 12.9. The van der Waals surface area contributed by atoms with Crippen molar-refractivity contribution in [2.75, 3.05) is 40.1 Å². The first-order valence-corrected chi connectivity index (χ1v) is 21.1. The van der Waals surface area contributed by atoms with Crippen molar-refractivity contribution in [1.82, 2.24) is 0 Å². The van der Waals surface area contributed by atoms with Gasteiger partial charge in [-0.3, -0.25) is 9.59 Å². The van der Waals surface area contributed by atoms with Crippen LogP contribution in [0.4, 0.5) is 0 Å². The van der Waals surface area contributed by atoms with E-state index in [0.717, 1.165) is 129 Å². The van der Waals surface area contributed by atoms with Gasteiger partial charge in [0.15, 0.2) is 0 Å². The Morgan fingerprint density at radius 3 is 1.40 bits per heavy atom. The van der Waals surface area contributed by atoms with Crippen molar-refractivity contribution in [3.63, 3.8) is 0 Å². The van der Waals surface area contributed by atoms with E-state index in [4.69, 9.17) is 28.4 Å². The van der Waals surface area contributed by atoms with E-state index >= 15 is 0 Å². The van der Waals surface area contributed by atoms with Gasteiger partial charge in [0.1, 0.15) is 5.78 Å². The molecule has 3 unspecified atom stereocenters. The third-order valence-corrected chi connectivity index (χ3v) is 11.3. The lowest BCUT2D eigenvalue weighted by molar-refractivity contribution is -0.153. The molecule has 0 aromatic rings. The molecule has 0 aromatic carbocycles. The molecule has 8 heteroatoms. The number of carbonyl (C=O) groups excluding carboxylic acids is 2. The summed E-state index contributed by atoms with van der Waals surface area (Å²) in [6, 6.07) is 0. The Morgan fingerprint density at radius 1 is 0.480 bits per heavy atom. The Labute approximate surface area is 306 Å². The molecule has 8 nitrogen and oxygen atoms in total. The lowest BCUT2D eigenvalue weighted by Crippen LogP contribution is -2.36. The number of hydrogen-bond donors (Lipinski definition) is 0. The van der Waals surface area contributed by atoms with Crippen LogP contribution in [0.1, 0.15) is 174 Å². The zero-order chi connectivity index (χ0) is 35.7. The number of ketones is 1. The minimum Gasteiger partial charge on any atom is -0.465 e. The first kappa shape index (κ1) is 43.3. The number of methoxy groups -OCH3 is 1. The standard InChI is InChI=1S/C42H76O8/c1-4-5-6-7-8-14-29-48-41-32-35(34(2)43)31-36(33-41)42(44)49-30-17-12-11-16-28-47-38-20-24-40(25-21-38)50-39-22-18-37(19-23-39)46-27-15-10-9-13-26-45-3/h35-41H,4-33H2,1-3H3. The average molecular weight is 709 g/mol. The van der Waals surface area contributed by atoms with Gasteiger partial charge in [-0.15, -0.1) is 0 Å². The molecule has 3 saturated carbocycles. The third-order valence-electron chi connectivity index (χ3n) is 11.3. The fourth-order valence-corrected chi connectivity index (χ4v) is 8.05. The van der Waals surface area contributed by atoms with Crippen LogP contribution in [0.25, 0.3) is 0 Å². The van der Waals surface area contributed by atoms with E-state index in [1.165, 1.54) is 44.9 Å². The first-order valence-electron chi connectivity index (χ1n) is 21.1. The molecular weight excluding hydrogens is 632 g/mol. The summed E-state index contributed by atoms with van der Waals surface area (Å²) in [5, 5.41) is 0. The molecule has 0 N–H and O–H groups in total. The Kier molecular flexibility index (Phi) is 23.9. The predicted octanol–water partition coefficient (Wildman–Crippen LogP) is 9.72. The normalized spacial score (nSPS) is 27.3. The number of rotatable bonds is 28. The topological polar surface area (TPSA) is 89.5 Å². The Morgan fingerprint density at radius 2 is 0.900 bits per heavy atom. The molecule has 50 heavy (non-hydrogen) atoms. The molecule has 0 radical (unpaired) electrons. The van der Waals surface area contributed by atoms with Crippen LogP contribution in [0.15, 0.2) is 0 Å². The fourth-order valence-electron chi connectivity index (χ4n) is 8.05. The molecule has 292 valence electrons. The maximum Gasteiger partial charge on any atom is 0.309 e. The average Bonchev–Trinajstić information content (AvgIpc) is 3.13. The zero-order valence-corrected chi connectivity index (χ0v) is 32.5. The molecule has 3 aliphatic carbocycles. The van der Waals surface area contributed by atoms with Gasteiger partial charge in [-0.2, -0.15) is 0 Å². The molecule has 0 aromatic heterocycles. The van der Waals surface area contributed by atoms with Gasteiger partial charge in [0.25, 0.3) is 0 Å². The lowest BCUT2D eigenvalue weighted by Gasteiger charge is -2.34. The summed E-state index contributed by atoms with van der Waals surface area (Å²) in [5.41, 5.74) is 0. The summed E-state index contributed by atoms with van der Waals surface area (Å²) in [6.07, 6.45) is 28.6. The molecule has 3 fully saturated rings. The highest BCUT2D eigenvalue weighted by Crippen LogP contribution is 2.33. The predicted molar refractivity (Wildman–Crippen MR) is 199 cm³/mol.